The van der Waals surface area contributed by atoms with E-state index in [1.54, 1.807) is 24.5 Å². The van der Waals surface area contributed by atoms with Gasteiger partial charge in [0, 0.05) is 42.8 Å². The van der Waals surface area contributed by atoms with Gasteiger partial charge in [-0.15, -0.1) is 0 Å². The van der Waals surface area contributed by atoms with Gasteiger partial charge >= 0.3 is 0 Å². The number of amides is 2. The fourth-order valence-electron chi connectivity index (χ4n) is 4.65. The Hall–Kier alpha value is -2.69. The van der Waals surface area contributed by atoms with Crippen LogP contribution < -0.4 is 10.1 Å². The fourth-order valence-corrected chi connectivity index (χ4v) is 7.04. The second-order valence-corrected chi connectivity index (χ2v) is 11.2. The summed E-state index contributed by atoms with van der Waals surface area (Å²) in [7, 11) is -2.95. The van der Waals surface area contributed by atoms with E-state index in [-0.39, 0.29) is 53.5 Å². The number of carbonyl (C=O) groups is 2. The minimum atomic E-state index is -4.32. The average Bonchev–Trinajstić information content (AvgIpc) is 2.81. The summed E-state index contributed by atoms with van der Waals surface area (Å²) in [5.74, 6) is -0.593. The number of hydrogen-bond acceptors (Lipinski definition) is 7. The van der Waals surface area contributed by atoms with Gasteiger partial charge in [-0.25, -0.2) is 8.42 Å². The lowest BCUT2D eigenvalue weighted by molar-refractivity contribution is -0.165. The number of carbonyl (C=O) groups excluding carboxylic acids is 2. The lowest BCUT2D eigenvalue weighted by atomic mass is 9.97. The number of aromatic nitrogens is 1. The monoisotopic (exact) mass is 506 g/mol. The number of methoxy groups -OCH3 is 1. The van der Waals surface area contributed by atoms with Crippen LogP contribution in [0, 0.1) is 0 Å². The largest absolute Gasteiger partial charge is 0.495 e. The molecule has 2 saturated heterocycles. The van der Waals surface area contributed by atoms with E-state index in [2.05, 4.69) is 10.3 Å². The highest BCUT2D eigenvalue weighted by atomic mass is 35.5. The van der Waals surface area contributed by atoms with E-state index in [1.807, 2.05) is 13.8 Å². The van der Waals surface area contributed by atoms with Gasteiger partial charge in [0.05, 0.1) is 13.7 Å². The summed E-state index contributed by atoms with van der Waals surface area (Å²) in [6, 6.07) is 6.52. The number of rotatable bonds is 6. The van der Waals surface area contributed by atoms with Gasteiger partial charge in [0.25, 0.3) is 0 Å². The first kappa shape index (κ1) is 24.4. The van der Waals surface area contributed by atoms with Crippen LogP contribution in [0.2, 0.25) is 5.02 Å². The molecule has 182 valence electrons. The fraction of sp³-hybridized carbons (Fsp3) is 0.435. The molecule has 2 aliphatic rings. The van der Waals surface area contributed by atoms with Crippen molar-refractivity contribution in [3.8, 4) is 5.75 Å². The molecule has 0 radical (unpaired) electrons. The zero-order valence-electron chi connectivity index (χ0n) is 19.2. The third-order valence-electron chi connectivity index (χ3n) is 6.32. The second-order valence-electron chi connectivity index (χ2n) is 8.66. The van der Waals surface area contributed by atoms with Gasteiger partial charge in [-0.3, -0.25) is 24.8 Å². The van der Waals surface area contributed by atoms with Crippen LogP contribution in [0.15, 0.2) is 47.6 Å². The maximum absolute atomic E-state index is 14.4. The number of fused-ring (bicyclic) bond motifs is 1. The molecule has 11 heteroatoms. The Labute approximate surface area is 204 Å². The minimum Gasteiger partial charge on any atom is -0.495 e. The molecule has 34 heavy (non-hydrogen) atoms. The van der Waals surface area contributed by atoms with Crippen LogP contribution in [0.25, 0.3) is 0 Å². The quantitative estimate of drug-likeness (QED) is 0.636. The molecule has 2 amide bonds. The normalized spacial score (nSPS) is 23.3. The Kier molecular flexibility index (Phi) is 6.58. The Morgan fingerprint density at radius 1 is 1.24 bits per heavy atom. The zero-order chi connectivity index (χ0) is 24.7. The number of ether oxygens (including phenoxy) is 1. The molecule has 1 N–H and O–H groups in total. The first-order chi connectivity index (χ1) is 16.1. The molecule has 0 saturated carbocycles. The van der Waals surface area contributed by atoms with Gasteiger partial charge in [-0.05, 0) is 49.7 Å². The Balaban J connectivity index is 1.93. The molecule has 2 fully saturated rings. The summed E-state index contributed by atoms with van der Waals surface area (Å²) in [6.45, 7) is 3.57. The van der Waals surface area contributed by atoms with Crippen molar-refractivity contribution in [1.82, 2.24) is 20.1 Å². The van der Waals surface area contributed by atoms with Gasteiger partial charge in [0.1, 0.15) is 16.7 Å². The van der Waals surface area contributed by atoms with Crippen molar-refractivity contribution in [3.63, 3.8) is 0 Å². The number of nitrogens with zero attached hydrogens (tertiary/aromatic N) is 3. The van der Waals surface area contributed by atoms with Crippen molar-refractivity contribution in [1.29, 1.82) is 0 Å². The number of nitrogens with one attached hydrogen (secondary N) is 1. The molecule has 0 bridgehead atoms. The molecule has 3 heterocycles. The Morgan fingerprint density at radius 3 is 2.59 bits per heavy atom. The number of halogens is 1. The van der Waals surface area contributed by atoms with Gasteiger partial charge in [0.15, 0.2) is 0 Å². The third kappa shape index (κ3) is 3.93. The molecule has 4 rings (SSSR count). The molecule has 0 aliphatic carbocycles. The number of hydrogen-bond donors (Lipinski definition) is 1. The van der Waals surface area contributed by atoms with Crippen molar-refractivity contribution < 1.29 is 22.7 Å². The van der Waals surface area contributed by atoms with Crippen LogP contribution >= 0.6 is 11.6 Å². The lowest BCUT2D eigenvalue weighted by Crippen LogP contribution is -2.80. The summed E-state index contributed by atoms with van der Waals surface area (Å²) in [5, 5.41) is 3.32. The van der Waals surface area contributed by atoms with Crippen molar-refractivity contribution >= 4 is 33.3 Å². The topological polar surface area (TPSA) is 109 Å². The minimum absolute atomic E-state index is 0.0752. The molecule has 2 atom stereocenters. The number of pyridine rings is 1. The molecule has 1 aromatic heterocycles. The first-order valence-corrected chi connectivity index (χ1v) is 12.8. The van der Waals surface area contributed by atoms with E-state index in [4.69, 9.17) is 16.3 Å². The number of sulfone groups is 1. The van der Waals surface area contributed by atoms with Gasteiger partial charge in [0.2, 0.25) is 26.6 Å². The van der Waals surface area contributed by atoms with Crippen LogP contribution in [0.5, 0.6) is 5.75 Å². The maximum atomic E-state index is 14.4. The van der Waals surface area contributed by atoms with Crippen molar-refractivity contribution in [3.05, 3.63) is 53.3 Å². The van der Waals surface area contributed by atoms with Gasteiger partial charge in [-0.2, -0.15) is 0 Å². The molecular formula is C23H27ClN4O5S. The van der Waals surface area contributed by atoms with Crippen LogP contribution in [-0.4, -0.2) is 72.3 Å². The summed E-state index contributed by atoms with van der Waals surface area (Å²) in [6.07, 6.45) is 3.42. The summed E-state index contributed by atoms with van der Waals surface area (Å²) >= 11 is 6.17. The van der Waals surface area contributed by atoms with E-state index in [1.165, 1.54) is 35.1 Å². The van der Waals surface area contributed by atoms with Crippen molar-refractivity contribution in [2.24, 2.45) is 0 Å². The van der Waals surface area contributed by atoms with E-state index in [9.17, 15) is 18.0 Å². The van der Waals surface area contributed by atoms with Crippen LogP contribution in [0.1, 0.15) is 25.8 Å². The van der Waals surface area contributed by atoms with Crippen LogP contribution in [0.3, 0.4) is 0 Å². The van der Waals surface area contributed by atoms with Crippen LogP contribution in [0.4, 0.5) is 0 Å². The summed E-state index contributed by atoms with van der Waals surface area (Å²) in [5.41, 5.74) is 0.768. The number of piperazine rings is 1. The highest BCUT2D eigenvalue weighted by Crippen LogP contribution is 2.41. The molecule has 1 aromatic carbocycles. The van der Waals surface area contributed by atoms with Crippen LogP contribution in [-0.2, 0) is 25.8 Å². The third-order valence-corrected chi connectivity index (χ3v) is 8.82. The SMILES string of the molecule is COc1ccc(Cl)cc1S(=O)(=O)C12CN(C(C)C)C(=O)C(Cc3ccncc3)N1C(=O)CCN2. The van der Waals surface area contributed by atoms with E-state index in [0.29, 0.717) is 0 Å². The molecule has 9 nitrogen and oxygen atoms in total. The Morgan fingerprint density at radius 2 is 1.94 bits per heavy atom. The second kappa shape index (κ2) is 9.16. The smallest absolute Gasteiger partial charge is 0.246 e. The maximum Gasteiger partial charge on any atom is 0.246 e. The molecule has 2 unspecified atom stereocenters. The zero-order valence-corrected chi connectivity index (χ0v) is 20.8. The molecule has 0 spiro atoms. The lowest BCUT2D eigenvalue weighted by Gasteiger charge is -2.56. The predicted octanol–water partition coefficient (Wildman–Crippen LogP) is 1.85. The highest BCUT2D eigenvalue weighted by Gasteiger charge is 2.62. The highest BCUT2D eigenvalue weighted by molar-refractivity contribution is 7.93. The summed E-state index contributed by atoms with van der Waals surface area (Å²) in [4.78, 5) is 31.7. The van der Waals surface area contributed by atoms with E-state index < -0.39 is 26.8 Å². The first-order valence-electron chi connectivity index (χ1n) is 11.0. The molecule has 2 aromatic rings. The van der Waals surface area contributed by atoms with Gasteiger partial charge in [-0.1, -0.05) is 11.6 Å². The van der Waals surface area contributed by atoms with Gasteiger partial charge < -0.3 is 9.64 Å². The van der Waals surface area contributed by atoms with Crippen molar-refractivity contribution in [2.75, 3.05) is 20.2 Å². The number of benzene rings is 1. The molecular weight excluding hydrogens is 480 g/mol. The predicted molar refractivity (Wildman–Crippen MR) is 126 cm³/mol. The summed E-state index contributed by atoms with van der Waals surface area (Å²) < 4.78 is 34.0. The van der Waals surface area contributed by atoms with Crippen molar-refractivity contribution in [2.45, 2.75) is 48.7 Å². The Bertz CT molecular complexity index is 1210. The molecule has 2 aliphatic heterocycles. The van der Waals surface area contributed by atoms with E-state index >= 15 is 0 Å². The van der Waals surface area contributed by atoms with E-state index in [0.717, 1.165) is 5.56 Å². The standard InChI is InChI=1S/C23H27ClN4O5S/c1-15(2)27-14-23(34(31,32)20-13-17(24)4-5-19(20)33-3)26-11-8-21(29)28(23)18(22(27)30)12-16-6-9-25-10-7-16/h4-7,9-10,13,15,18,26H,8,11-12,14H2,1-3H3. The average molecular weight is 507 g/mol.